The molecule has 3 aromatic carbocycles. The van der Waals surface area contributed by atoms with Gasteiger partial charge in [0, 0.05) is 59.5 Å². The van der Waals surface area contributed by atoms with E-state index in [1.165, 1.54) is 4.88 Å². The van der Waals surface area contributed by atoms with E-state index in [-0.39, 0.29) is 37.9 Å². The van der Waals surface area contributed by atoms with Gasteiger partial charge in [-0.3, -0.25) is 19.1 Å². The number of halogens is 1. The van der Waals surface area contributed by atoms with Crippen molar-refractivity contribution in [2.45, 2.75) is 52.5 Å². The molecule has 2 aliphatic rings. The molecule has 0 bridgehead atoms. The standard InChI is InChI=1S/C48H49ClN6O6S.H2S/c1-30-31(2)62-48-45(30)46(34-8-10-39(49)11-9-34)52-43(47-54-53-32(3)55(47)48)29-40(56)24-33-4-12-42(13-5-33)61-23-22-60-21-20-59-19-18-58-17-16-51-44-28-37(14-15-50-44)35-6-7-36-26-41(57)27-38(36)25-35;/h4-15,25,28,43H,16-24,26-27,29H2,1-3H3,(H,50,51);1H2/t43-;/m0./s1. The summed E-state index contributed by atoms with van der Waals surface area (Å²) in [4.78, 5) is 36.3. The quantitative estimate of drug-likeness (QED) is 0.0744. The van der Waals surface area contributed by atoms with Gasteiger partial charge < -0.3 is 24.3 Å². The normalized spacial score (nSPS) is 14.0. The Morgan fingerprint density at radius 2 is 1.49 bits per heavy atom. The molecule has 0 radical (unpaired) electrons. The molecule has 1 aliphatic carbocycles. The Labute approximate surface area is 383 Å². The number of benzene rings is 3. The van der Waals surface area contributed by atoms with E-state index in [9.17, 15) is 9.59 Å². The Hall–Kier alpha value is -5.22. The summed E-state index contributed by atoms with van der Waals surface area (Å²) in [6, 6.07) is 25.0. The highest BCUT2D eigenvalue weighted by molar-refractivity contribution is 7.59. The number of hydrogen-bond acceptors (Lipinski definition) is 12. The van der Waals surface area contributed by atoms with Crippen LogP contribution < -0.4 is 10.1 Å². The van der Waals surface area contributed by atoms with Gasteiger partial charge >= 0.3 is 0 Å². The van der Waals surface area contributed by atoms with Gasteiger partial charge in [-0.1, -0.05) is 54.1 Å². The lowest BCUT2D eigenvalue weighted by molar-refractivity contribution is -0.119. The maximum atomic E-state index is 13.6. The number of ether oxygens (including phenoxy) is 4. The minimum absolute atomic E-state index is 0. The number of carbonyl (C=O) groups excluding carboxylic acids is 2. The molecular weight excluding hydrogens is 856 g/mol. The van der Waals surface area contributed by atoms with Crippen LogP contribution in [0.4, 0.5) is 5.82 Å². The molecule has 0 fully saturated rings. The number of aliphatic imine (C=N–C) groups is 1. The van der Waals surface area contributed by atoms with Gasteiger partial charge in [0.15, 0.2) is 5.82 Å². The molecule has 15 heteroatoms. The van der Waals surface area contributed by atoms with Gasteiger partial charge in [-0.2, -0.15) is 13.5 Å². The summed E-state index contributed by atoms with van der Waals surface area (Å²) in [5.41, 5.74) is 9.24. The topological polar surface area (TPSA) is 139 Å². The van der Waals surface area contributed by atoms with Crippen molar-refractivity contribution in [2.24, 2.45) is 4.99 Å². The number of nitrogens with one attached hydrogen (secondary N) is 1. The van der Waals surface area contributed by atoms with E-state index in [0.717, 1.165) is 66.9 Å². The average molecular weight is 908 g/mol. The third-order valence-corrected chi connectivity index (χ3v) is 12.4. The van der Waals surface area contributed by atoms with Crippen LogP contribution in [0.1, 0.15) is 62.4 Å². The number of ketones is 2. The van der Waals surface area contributed by atoms with Gasteiger partial charge in [-0.25, -0.2) is 4.98 Å². The molecule has 1 aliphatic heterocycles. The number of aryl methyl sites for hydroxylation is 2. The van der Waals surface area contributed by atoms with E-state index >= 15 is 0 Å². The Morgan fingerprint density at radius 1 is 0.810 bits per heavy atom. The number of pyridine rings is 1. The van der Waals surface area contributed by atoms with E-state index in [1.54, 1.807) is 17.5 Å². The van der Waals surface area contributed by atoms with Crippen LogP contribution in [0.15, 0.2) is 90.1 Å². The highest BCUT2D eigenvalue weighted by atomic mass is 35.5. The van der Waals surface area contributed by atoms with Crippen LogP contribution in [0, 0.1) is 20.8 Å². The zero-order valence-corrected chi connectivity index (χ0v) is 38.2. The first-order valence-electron chi connectivity index (χ1n) is 20.9. The number of anilines is 1. The first kappa shape index (κ1) is 45.8. The van der Waals surface area contributed by atoms with Crippen molar-refractivity contribution in [3.8, 4) is 21.9 Å². The van der Waals surface area contributed by atoms with Crippen molar-refractivity contribution in [3.05, 3.63) is 140 Å². The smallest absolute Gasteiger partial charge is 0.163 e. The third kappa shape index (κ3) is 11.3. The van der Waals surface area contributed by atoms with Crippen molar-refractivity contribution >= 4 is 59.5 Å². The summed E-state index contributed by atoms with van der Waals surface area (Å²) in [7, 11) is 0. The number of nitrogens with zero attached hydrogens (tertiary/aromatic N) is 5. The van der Waals surface area contributed by atoms with Gasteiger partial charge in [-0.05, 0) is 90.6 Å². The first-order chi connectivity index (χ1) is 30.2. The summed E-state index contributed by atoms with van der Waals surface area (Å²) in [6.45, 7) is 9.95. The highest BCUT2D eigenvalue weighted by Gasteiger charge is 2.32. The summed E-state index contributed by atoms with van der Waals surface area (Å²) < 4.78 is 25.0. The maximum Gasteiger partial charge on any atom is 0.163 e. The molecule has 3 aromatic heterocycles. The van der Waals surface area contributed by atoms with Crippen LogP contribution >= 0.6 is 36.4 Å². The van der Waals surface area contributed by atoms with Crippen LogP contribution in [0.2, 0.25) is 5.02 Å². The fourth-order valence-electron chi connectivity index (χ4n) is 7.70. The number of rotatable bonds is 20. The zero-order chi connectivity index (χ0) is 43.0. The van der Waals surface area contributed by atoms with Crippen LogP contribution in [-0.2, 0) is 43.1 Å². The van der Waals surface area contributed by atoms with Gasteiger partial charge in [0.2, 0.25) is 0 Å². The molecule has 0 unspecified atom stereocenters. The minimum atomic E-state index is -0.506. The van der Waals surface area contributed by atoms with Crippen LogP contribution in [0.5, 0.6) is 5.75 Å². The lowest BCUT2D eigenvalue weighted by atomic mass is 9.99. The predicted octanol–water partition coefficient (Wildman–Crippen LogP) is 8.38. The second-order valence-corrected chi connectivity index (χ2v) is 17.0. The summed E-state index contributed by atoms with van der Waals surface area (Å²) in [5, 5.41) is 13.9. The van der Waals surface area contributed by atoms with Crippen LogP contribution in [-0.4, -0.2) is 89.8 Å². The number of carbonyl (C=O) groups is 2. The Morgan fingerprint density at radius 3 is 2.25 bits per heavy atom. The summed E-state index contributed by atoms with van der Waals surface area (Å²) in [6.07, 6.45) is 3.29. The van der Waals surface area contributed by atoms with Crippen molar-refractivity contribution in [3.63, 3.8) is 0 Å². The van der Waals surface area contributed by atoms with Crippen molar-refractivity contribution in [1.82, 2.24) is 19.7 Å². The van der Waals surface area contributed by atoms with Gasteiger partial charge in [-0.15, -0.1) is 21.5 Å². The predicted molar refractivity (Wildman–Crippen MR) is 252 cm³/mol. The number of fused-ring (bicyclic) bond motifs is 4. The van der Waals surface area contributed by atoms with E-state index in [0.29, 0.717) is 82.2 Å². The third-order valence-electron chi connectivity index (χ3n) is 11.0. The molecule has 0 spiro atoms. The second kappa shape index (κ2) is 21.4. The number of aromatic nitrogens is 4. The zero-order valence-electron chi connectivity index (χ0n) is 35.6. The fourth-order valence-corrected chi connectivity index (χ4v) is 9.04. The molecule has 328 valence electrons. The molecule has 0 saturated heterocycles. The van der Waals surface area contributed by atoms with Crippen molar-refractivity contribution < 1.29 is 28.5 Å². The molecular formula is C48H51ClN6O6S2. The Balaban J connectivity index is 0.00000595. The first-order valence-corrected chi connectivity index (χ1v) is 22.1. The molecule has 0 saturated carbocycles. The van der Waals surface area contributed by atoms with Crippen LogP contribution in [0.25, 0.3) is 16.1 Å². The number of Topliss-reactive ketones (excluding diaryl/α,β-unsaturated/α-hetero) is 2. The summed E-state index contributed by atoms with van der Waals surface area (Å²) in [5.74, 6) is 3.23. The SMILES string of the molecule is Cc1sc2c(c1C)C(c1ccc(Cl)cc1)=N[C@@H](CC(=O)Cc1ccc(OCCOCCOCCOCCNc3cc(-c4ccc5c(c4)CC(=O)C5)ccn3)cc1)c1nnc(C)n1-2.S. The molecule has 12 nitrogen and oxygen atoms in total. The Bertz CT molecular complexity index is 2580. The monoisotopic (exact) mass is 906 g/mol. The molecule has 0 amide bonds. The minimum Gasteiger partial charge on any atom is -0.491 e. The lowest BCUT2D eigenvalue weighted by Gasteiger charge is -2.13. The molecule has 63 heavy (non-hydrogen) atoms. The van der Waals surface area contributed by atoms with E-state index in [2.05, 4.69) is 57.1 Å². The Kier molecular flexibility index (Phi) is 15.6. The molecule has 4 heterocycles. The van der Waals surface area contributed by atoms with Crippen molar-refractivity contribution in [1.29, 1.82) is 0 Å². The average Bonchev–Trinajstić information content (AvgIpc) is 3.91. The van der Waals surface area contributed by atoms with E-state index < -0.39 is 6.04 Å². The second-order valence-electron chi connectivity index (χ2n) is 15.4. The van der Waals surface area contributed by atoms with E-state index in [4.69, 9.17) is 35.5 Å². The molecule has 8 rings (SSSR count). The maximum absolute atomic E-state index is 13.6. The van der Waals surface area contributed by atoms with E-state index in [1.807, 2.05) is 67.6 Å². The van der Waals surface area contributed by atoms with Crippen LogP contribution in [0.3, 0.4) is 0 Å². The highest BCUT2D eigenvalue weighted by Crippen LogP contribution is 2.40. The fraction of sp³-hybridized carbons (Fsp3) is 0.333. The lowest BCUT2D eigenvalue weighted by Crippen LogP contribution is -2.15. The number of hydrogen-bond donors (Lipinski definition) is 1. The number of thiophene rings is 1. The molecule has 1 N–H and O–H groups in total. The van der Waals surface area contributed by atoms with Gasteiger partial charge in [0.05, 0.1) is 45.4 Å². The summed E-state index contributed by atoms with van der Waals surface area (Å²) >= 11 is 7.94. The van der Waals surface area contributed by atoms with Crippen molar-refractivity contribution in [2.75, 3.05) is 58.1 Å². The largest absolute Gasteiger partial charge is 0.491 e. The molecule has 1 atom stereocenters. The van der Waals surface area contributed by atoms with Gasteiger partial charge in [0.25, 0.3) is 0 Å². The van der Waals surface area contributed by atoms with Gasteiger partial charge in [0.1, 0.15) is 46.6 Å². The molecule has 6 aromatic rings.